The average molecular weight is 251 g/mol. The van der Waals surface area contributed by atoms with Gasteiger partial charge in [-0.15, -0.1) is 0 Å². The molecule has 0 bridgehead atoms. The Bertz CT molecular complexity index is 337. The highest BCUT2D eigenvalue weighted by Gasteiger charge is 2.15. The second-order valence-electron chi connectivity index (χ2n) is 4.81. The Kier molecular flexibility index (Phi) is 6.12. The molecule has 1 rings (SSSR count). The van der Waals surface area contributed by atoms with E-state index in [1.54, 1.807) is 7.11 Å². The molecule has 0 saturated carbocycles. The van der Waals surface area contributed by atoms with Crippen LogP contribution >= 0.6 is 0 Å². The number of methoxy groups -OCH3 is 1. The van der Waals surface area contributed by atoms with E-state index >= 15 is 0 Å². The van der Waals surface area contributed by atoms with Crippen molar-refractivity contribution in [2.75, 3.05) is 47.9 Å². The average Bonchev–Trinajstić information content (AvgIpc) is 2.38. The summed E-state index contributed by atoms with van der Waals surface area (Å²) in [5.41, 5.74) is 7.13. The molecule has 102 valence electrons. The predicted octanol–water partition coefficient (Wildman–Crippen LogP) is 1.19. The maximum atomic E-state index is 5.90. The predicted molar refractivity (Wildman–Crippen MR) is 76.0 cm³/mol. The Morgan fingerprint density at radius 2 is 1.72 bits per heavy atom. The van der Waals surface area contributed by atoms with Crippen molar-refractivity contribution in [1.29, 1.82) is 0 Å². The van der Waals surface area contributed by atoms with E-state index in [0.717, 1.165) is 18.8 Å². The Hall–Kier alpha value is -1.10. The zero-order valence-corrected chi connectivity index (χ0v) is 11.9. The Labute approximate surface area is 110 Å². The summed E-state index contributed by atoms with van der Waals surface area (Å²) in [5.74, 6) is 0.880. The first-order chi connectivity index (χ1) is 8.58. The molecular formula is C14H25N3O. The van der Waals surface area contributed by atoms with Crippen LogP contribution in [0.4, 0.5) is 0 Å². The van der Waals surface area contributed by atoms with Crippen LogP contribution in [0.1, 0.15) is 11.6 Å². The SMILES string of the molecule is COc1ccc(C(CN)N(C)CCN(C)C)cc1. The van der Waals surface area contributed by atoms with Crippen LogP contribution in [0.15, 0.2) is 24.3 Å². The highest BCUT2D eigenvalue weighted by Crippen LogP contribution is 2.21. The second-order valence-corrected chi connectivity index (χ2v) is 4.81. The minimum Gasteiger partial charge on any atom is -0.497 e. The summed E-state index contributed by atoms with van der Waals surface area (Å²) in [7, 11) is 7.96. The van der Waals surface area contributed by atoms with Crippen molar-refractivity contribution in [3.63, 3.8) is 0 Å². The smallest absolute Gasteiger partial charge is 0.118 e. The molecule has 0 aliphatic carbocycles. The standard InChI is InChI=1S/C14H25N3O/c1-16(2)9-10-17(3)14(11-15)12-5-7-13(18-4)8-6-12/h5-8,14H,9-11,15H2,1-4H3. The molecule has 0 fully saturated rings. The summed E-state index contributed by atoms with van der Waals surface area (Å²) in [5, 5.41) is 0. The Morgan fingerprint density at radius 3 is 2.17 bits per heavy atom. The first kappa shape index (κ1) is 15.0. The molecule has 4 heteroatoms. The number of rotatable bonds is 7. The van der Waals surface area contributed by atoms with Gasteiger partial charge in [-0.2, -0.15) is 0 Å². The van der Waals surface area contributed by atoms with Gasteiger partial charge < -0.3 is 15.4 Å². The summed E-state index contributed by atoms with van der Waals surface area (Å²) in [6.07, 6.45) is 0. The van der Waals surface area contributed by atoms with Gasteiger partial charge in [0, 0.05) is 25.7 Å². The summed E-state index contributed by atoms with van der Waals surface area (Å²) >= 11 is 0. The maximum Gasteiger partial charge on any atom is 0.118 e. The lowest BCUT2D eigenvalue weighted by molar-refractivity contribution is 0.222. The maximum absolute atomic E-state index is 5.90. The van der Waals surface area contributed by atoms with Crippen LogP contribution in [0.3, 0.4) is 0 Å². The van der Waals surface area contributed by atoms with E-state index in [1.807, 2.05) is 12.1 Å². The van der Waals surface area contributed by atoms with E-state index in [-0.39, 0.29) is 6.04 Å². The van der Waals surface area contributed by atoms with Gasteiger partial charge >= 0.3 is 0 Å². The molecule has 1 atom stereocenters. The van der Waals surface area contributed by atoms with Gasteiger partial charge in [-0.1, -0.05) is 12.1 Å². The van der Waals surface area contributed by atoms with E-state index in [4.69, 9.17) is 10.5 Å². The number of nitrogens with zero attached hydrogens (tertiary/aromatic N) is 2. The van der Waals surface area contributed by atoms with Gasteiger partial charge in [0.15, 0.2) is 0 Å². The van der Waals surface area contributed by atoms with Crippen LogP contribution in [0, 0.1) is 0 Å². The van der Waals surface area contributed by atoms with E-state index in [1.165, 1.54) is 5.56 Å². The summed E-state index contributed by atoms with van der Waals surface area (Å²) in [6, 6.07) is 8.40. The number of hydrogen-bond acceptors (Lipinski definition) is 4. The van der Waals surface area contributed by atoms with Crippen molar-refractivity contribution in [3.8, 4) is 5.75 Å². The highest BCUT2D eigenvalue weighted by molar-refractivity contribution is 5.29. The molecule has 0 aliphatic rings. The fourth-order valence-electron chi connectivity index (χ4n) is 1.91. The number of hydrogen-bond donors (Lipinski definition) is 1. The van der Waals surface area contributed by atoms with Gasteiger partial charge in [-0.05, 0) is 38.8 Å². The topological polar surface area (TPSA) is 41.7 Å². The molecule has 4 nitrogen and oxygen atoms in total. The lowest BCUT2D eigenvalue weighted by atomic mass is 10.1. The third kappa shape index (κ3) is 4.29. The van der Waals surface area contributed by atoms with Crippen molar-refractivity contribution in [1.82, 2.24) is 9.80 Å². The molecule has 1 aromatic carbocycles. The summed E-state index contributed by atoms with van der Waals surface area (Å²) in [4.78, 5) is 4.47. The number of ether oxygens (including phenoxy) is 1. The summed E-state index contributed by atoms with van der Waals surface area (Å²) in [6.45, 7) is 2.65. The van der Waals surface area contributed by atoms with Crippen molar-refractivity contribution in [2.45, 2.75) is 6.04 Å². The summed E-state index contributed by atoms with van der Waals surface area (Å²) < 4.78 is 5.17. The van der Waals surface area contributed by atoms with Crippen LogP contribution in [-0.2, 0) is 0 Å². The van der Waals surface area contributed by atoms with Gasteiger partial charge in [0.2, 0.25) is 0 Å². The van der Waals surface area contributed by atoms with E-state index in [9.17, 15) is 0 Å². The molecule has 18 heavy (non-hydrogen) atoms. The van der Waals surface area contributed by atoms with Crippen LogP contribution in [-0.4, -0.2) is 57.7 Å². The second kappa shape index (κ2) is 7.36. The minimum atomic E-state index is 0.260. The quantitative estimate of drug-likeness (QED) is 0.790. The monoisotopic (exact) mass is 251 g/mol. The minimum absolute atomic E-state index is 0.260. The molecule has 0 aliphatic heterocycles. The molecule has 0 radical (unpaired) electrons. The number of nitrogens with two attached hydrogens (primary N) is 1. The van der Waals surface area contributed by atoms with Crippen molar-refractivity contribution in [3.05, 3.63) is 29.8 Å². The highest BCUT2D eigenvalue weighted by atomic mass is 16.5. The fraction of sp³-hybridized carbons (Fsp3) is 0.571. The van der Waals surface area contributed by atoms with Gasteiger partial charge in [0.05, 0.1) is 7.11 Å². The van der Waals surface area contributed by atoms with E-state index in [0.29, 0.717) is 6.54 Å². The molecule has 0 heterocycles. The zero-order valence-electron chi connectivity index (χ0n) is 11.9. The molecule has 0 aromatic heterocycles. The van der Waals surface area contributed by atoms with Crippen molar-refractivity contribution in [2.24, 2.45) is 5.73 Å². The number of benzene rings is 1. The number of likely N-dealkylation sites (N-methyl/N-ethyl adjacent to an activating group) is 2. The lowest BCUT2D eigenvalue weighted by Gasteiger charge is -2.28. The third-order valence-electron chi connectivity index (χ3n) is 3.16. The zero-order chi connectivity index (χ0) is 13.5. The van der Waals surface area contributed by atoms with Gasteiger partial charge in [0.1, 0.15) is 5.75 Å². The van der Waals surface area contributed by atoms with Crippen LogP contribution in [0.2, 0.25) is 0 Å². The molecule has 0 saturated heterocycles. The molecule has 0 amide bonds. The largest absolute Gasteiger partial charge is 0.497 e. The first-order valence-corrected chi connectivity index (χ1v) is 6.27. The van der Waals surface area contributed by atoms with E-state index < -0.39 is 0 Å². The molecule has 2 N–H and O–H groups in total. The van der Waals surface area contributed by atoms with E-state index in [2.05, 4.69) is 43.1 Å². The Balaban J connectivity index is 2.68. The van der Waals surface area contributed by atoms with Crippen molar-refractivity contribution >= 4 is 0 Å². The van der Waals surface area contributed by atoms with Crippen molar-refractivity contribution < 1.29 is 4.74 Å². The Morgan fingerprint density at radius 1 is 1.11 bits per heavy atom. The van der Waals surface area contributed by atoms with Crippen LogP contribution in [0.5, 0.6) is 5.75 Å². The normalized spacial score (nSPS) is 13.1. The molecular weight excluding hydrogens is 226 g/mol. The van der Waals surface area contributed by atoms with Gasteiger partial charge in [0.25, 0.3) is 0 Å². The molecule has 1 aromatic rings. The van der Waals surface area contributed by atoms with Gasteiger partial charge in [-0.3, -0.25) is 4.90 Å². The molecule has 0 spiro atoms. The van der Waals surface area contributed by atoms with Gasteiger partial charge in [-0.25, -0.2) is 0 Å². The molecule has 1 unspecified atom stereocenters. The van der Waals surface area contributed by atoms with Crippen LogP contribution < -0.4 is 10.5 Å². The lowest BCUT2D eigenvalue weighted by Crippen LogP contribution is -2.35. The fourth-order valence-corrected chi connectivity index (χ4v) is 1.91. The third-order valence-corrected chi connectivity index (χ3v) is 3.16. The first-order valence-electron chi connectivity index (χ1n) is 6.27. The van der Waals surface area contributed by atoms with Crippen LogP contribution in [0.25, 0.3) is 0 Å².